The van der Waals surface area contributed by atoms with Crippen LogP contribution in [0.2, 0.25) is 0 Å². The molecule has 0 bridgehead atoms. The number of aromatic nitrogens is 2. The van der Waals surface area contributed by atoms with E-state index < -0.39 is 16.8 Å². The Kier molecular flexibility index (Phi) is 5.43. The van der Waals surface area contributed by atoms with Gasteiger partial charge in [0.1, 0.15) is 6.04 Å². The molecule has 6 heteroatoms. The molecule has 0 aromatic carbocycles. The van der Waals surface area contributed by atoms with Crippen molar-refractivity contribution in [1.29, 1.82) is 0 Å². The number of aliphatic carboxylic acids is 1. The fraction of sp³-hybridized carbons (Fsp3) is 0.692. The molecule has 0 saturated carbocycles. The van der Waals surface area contributed by atoms with E-state index in [1.807, 2.05) is 18.5 Å². The van der Waals surface area contributed by atoms with Gasteiger partial charge in [0.15, 0.2) is 0 Å². The molecule has 3 N–H and O–H groups in total. The molecule has 0 spiro atoms. The van der Waals surface area contributed by atoms with Crippen molar-refractivity contribution in [2.24, 2.45) is 5.73 Å². The minimum atomic E-state index is -0.962. The van der Waals surface area contributed by atoms with Crippen LogP contribution >= 0.6 is 11.8 Å². The molecule has 1 aromatic heterocycles. The summed E-state index contributed by atoms with van der Waals surface area (Å²) in [5.74, 6) is -0.245. The highest BCUT2D eigenvalue weighted by atomic mass is 32.2. The van der Waals surface area contributed by atoms with Crippen molar-refractivity contribution < 1.29 is 9.90 Å². The Labute approximate surface area is 118 Å². The summed E-state index contributed by atoms with van der Waals surface area (Å²) in [6.45, 7) is 8.67. The molecular formula is C13H23N3O2S. The van der Waals surface area contributed by atoms with E-state index in [2.05, 4.69) is 25.0 Å². The lowest BCUT2D eigenvalue weighted by atomic mass is 10.1. The quantitative estimate of drug-likeness (QED) is 0.799. The normalized spacial score (nSPS) is 13.5. The third kappa shape index (κ3) is 3.98. The predicted octanol–water partition coefficient (Wildman–Crippen LogP) is 1.89. The van der Waals surface area contributed by atoms with Crippen LogP contribution in [0.3, 0.4) is 0 Å². The molecule has 1 heterocycles. The summed E-state index contributed by atoms with van der Waals surface area (Å²) in [6.07, 6.45) is 0.905. The number of aryl methyl sites for hydroxylation is 2. The zero-order valence-electron chi connectivity index (χ0n) is 12.0. The van der Waals surface area contributed by atoms with Crippen LogP contribution in [0.5, 0.6) is 0 Å². The summed E-state index contributed by atoms with van der Waals surface area (Å²) >= 11 is 1.55. The van der Waals surface area contributed by atoms with Gasteiger partial charge >= 0.3 is 5.97 Å². The maximum atomic E-state index is 11.0. The summed E-state index contributed by atoms with van der Waals surface area (Å²) in [5.41, 5.74) is 7.91. The van der Waals surface area contributed by atoms with E-state index in [4.69, 9.17) is 10.8 Å². The second kappa shape index (κ2) is 6.43. The van der Waals surface area contributed by atoms with Gasteiger partial charge in [0.2, 0.25) is 0 Å². The average Bonchev–Trinajstić information content (AvgIpc) is 2.77. The van der Waals surface area contributed by atoms with E-state index >= 15 is 0 Å². The van der Waals surface area contributed by atoms with Gasteiger partial charge in [-0.1, -0.05) is 6.92 Å². The fourth-order valence-electron chi connectivity index (χ4n) is 1.72. The van der Waals surface area contributed by atoms with Crippen LogP contribution in [-0.2, 0) is 23.5 Å². The van der Waals surface area contributed by atoms with Crippen molar-refractivity contribution in [3.63, 3.8) is 0 Å². The Bertz CT molecular complexity index is 443. The van der Waals surface area contributed by atoms with E-state index in [-0.39, 0.29) is 0 Å². The first-order chi connectivity index (χ1) is 8.81. The van der Waals surface area contributed by atoms with E-state index in [1.165, 1.54) is 0 Å². The molecule has 1 rings (SSSR count). The Morgan fingerprint density at radius 3 is 2.68 bits per heavy atom. The van der Waals surface area contributed by atoms with Crippen LogP contribution in [0.1, 0.15) is 39.1 Å². The largest absolute Gasteiger partial charge is 0.480 e. The molecule has 5 nitrogen and oxygen atoms in total. The molecule has 0 saturated heterocycles. The van der Waals surface area contributed by atoms with Crippen molar-refractivity contribution in [1.82, 2.24) is 9.78 Å². The average molecular weight is 285 g/mol. The van der Waals surface area contributed by atoms with E-state index in [1.54, 1.807) is 11.8 Å². The van der Waals surface area contributed by atoms with Gasteiger partial charge in [-0.2, -0.15) is 5.10 Å². The van der Waals surface area contributed by atoms with Gasteiger partial charge in [-0.15, -0.1) is 11.8 Å². The first kappa shape index (κ1) is 16.0. The molecule has 0 amide bonds. The number of carboxylic acids is 1. The molecule has 0 aliphatic carbocycles. The third-order valence-electron chi connectivity index (χ3n) is 3.18. The first-order valence-corrected chi connectivity index (χ1v) is 7.48. The van der Waals surface area contributed by atoms with Gasteiger partial charge in [-0.3, -0.25) is 9.48 Å². The number of carboxylic acid groups (broad SMARTS) is 1. The van der Waals surface area contributed by atoms with Gasteiger partial charge in [0.25, 0.3) is 0 Å². The Balaban J connectivity index is 2.75. The van der Waals surface area contributed by atoms with Gasteiger partial charge in [-0.05, 0) is 33.3 Å². The maximum Gasteiger partial charge on any atom is 0.321 e. The highest BCUT2D eigenvalue weighted by Gasteiger charge is 2.32. The second-order valence-electron chi connectivity index (χ2n) is 5.00. The van der Waals surface area contributed by atoms with Crippen LogP contribution in [0, 0.1) is 0 Å². The topological polar surface area (TPSA) is 81.1 Å². The summed E-state index contributed by atoms with van der Waals surface area (Å²) < 4.78 is 1.45. The molecule has 1 aromatic rings. The Morgan fingerprint density at radius 1 is 1.58 bits per heavy atom. The molecule has 0 radical (unpaired) electrons. The Morgan fingerprint density at radius 2 is 2.21 bits per heavy atom. The van der Waals surface area contributed by atoms with Crippen molar-refractivity contribution in [3.05, 3.63) is 17.5 Å². The molecule has 108 valence electrons. The van der Waals surface area contributed by atoms with Crippen molar-refractivity contribution >= 4 is 17.7 Å². The minimum Gasteiger partial charge on any atom is -0.480 e. The van der Waals surface area contributed by atoms with Crippen molar-refractivity contribution in [2.45, 2.75) is 57.2 Å². The lowest BCUT2D eigenvalue weighted by Gasteiger charge is -2.27. The number of carbonyl (C=O) groups is 1. The number of hydrogen-bond donors (Lipinski definition) is 2. The van der Waals surface area contributed by atoms with Crippen LogP contribution in [0.15, 0.2) is 6.07 Å². The SMILES string of the molecule is CCc1cc(CSC(C)(C)[C@@H](N)C(=O)O)n(CC)n1. The number of thioether (sulfide) groups is 1. The number of hydrogen-bond acceptors (Lipinski definition) is 4. The zero-order valence-corrected chi connectivity index (χ0v) is 12.8. The van der Waals surface area contributed by atoms with Crippen LogP contribution in [-0.4, -0.2) is 31.6 Å². The maximum absolute atomic E-state index is 11.0. The Hall–Kier alpha value is -1.01. The fourth-order valence-corrected chi connectivity index (χ4v) is 2.76. The van der Waals surface area contributed by atoms with Crippen LogP contribution < -0.4 is 5.73 Å². The first-order valence-electron chi connectivity index (χ1n) is 6.49. The lowest BCUT2D eigenvalue weighted by Crippen LogP contribution is -2.46. The van der Waals surface area contributed by atoms with Crippen LogP contribution in [0.4, 0.5) is 0 Å². The second-order valence-corrected chi connectivity index (χ2v) is 6.63. The summed E-state index contributed by atoms with van der Waals surface area (Å²) in [4.78, 5) is 11.0. The van der Waals surface area contributed by atoms with Gasteiger partial charge < -0.3 is 10.8 Å². The molecule has 0 fully saturated rings. The molecule has 0 aliphatic rings. The highest BCUT2D eigenvalue weighted by molar-refractivity contribution is 7.99. The van der Waals surface area contributed by atoms with Gasteiger partial charge in [0.05, 0.1) is 5.69 Å². The number of nitrogens with zero attached hydrogens (tertiary/aromatic N) is 2. The monoisotopic (exact) mass is 285 g/mol. The van der Waals surface area contributed by atoms with E-state index in [9.17, 15) is 4.79 Å². The molecule has 0 unspecified atom stereocenters. The predicted molar refractivity (Wildman–Crippen MR) is 78.3 cm³/mol. The minimum absolute atomic E-state index is 0.513. The van der Waals surface area contributed by atoms with Crippen LogP contribution in [0.25, 0.3) is 0 Å². The molecule has 19 heavy (non-hydrogen) atoms. The summed E-state index contributed by atoms with van der Waals surface area (Å²) in [5, 5.41) is 13.5. The van der Waals surface area contributed by atoms with E-state index in [0.29, 0.717) is 0 Å². The van der Waals surface area contributed by atoms with Gasteiger partial charge in [-0.25, -0.2) is 0 Å². The molecule has 1 atom stereocenters. The standard InChI is InChI=1S/C13H23N3O2S/c1-5-9-7-10(16(6-2)15-9)8-19-13(3,4)11(14)12(17)18/h7,11H,5-6,8,14H2,1-4H3,(H,17,18)/t11-/m0/s1. The third-order valence-corrected chi connectivity index (χ3v) is 4.62. The lowest BCUT2D eigenvalue weighted by molar-refractivity contribution is -0.139. The smallest absolute Gasteiger partial charge is 0.321 e. The summed E-state index contributed by atoms with van der Waals surface area (Å²) in [6, 6.07) is 1.21. The zero-order chi connectivity index (χ0) is 14.6. The van der Waals surface area contributed by atoms with E-state index in [0.717, 1.165) is 30.1 Å². The summed E-state index contributed by atoms with van der Waals surface area (Å²) in [7, 11) is 0. The molecule has 0 aliphatic heterocycles. The van der Waals surface area contributed by atoms with Gasteiger partial charge in [0, 0.05) is 22.7 Å². The van der Waals surface area contributed by atoms with Crippen molar-refractivity contribution in [3.8, 4) is 0 Å². The number of rotatable bonds is 7. The highest BCUT2D eigenvalue weighted by Crippen LogP contribution is 2.30. The van der Waals surface area contributed by atoms with Crippen molar-refractivity contribution in [2.75, 3.05) is 0 Å². The molecular weight excluding hydrogens is 262 g/mol. The number of nitrogens with two attached hydrogens (primary N) is 1.